The first kappa shape index (κ1) is 15.2. The van der Waals surface area contributed by atoms with Crippen LogP contribution in [0, 0.1) is 0 Å². The predicted octanol–water partition coefficient (Wildman–Crippen LogP) is 0.724. The Balaban J connectivity index is 1.77. The van der Waals surface area contributed by atoms with E-state index in [1.54, 1.807) is 13.1 Å². The molecule has 1 aromatic heterocycles. The Hall–Kier alpha value is -2.74. The van der Waals surface area contributed by atoms with Crippen LogP contribution in [0.3, 0.4) is 0 Å². The van der Waals surface area contributed by atoms with Crippen LogP contribution in [-0.4, -0.2) is 51.1 Å². The van der Waals surface area contributed by atoms with Gasteiger partial charge in [-0.1, -0.05) is 18.2 Å². The van der Waals surface area contributed by atoms with Crippen molar-refractivity contribution in [2.24, 2.45) is 0 Å². The summed E-state index contributed by atoms with van der Waals surface area (Å²) in [6, 6.07) is 8.94. The van der Waals surface area contributed by atoms with E-state index in [0.29, 0.717) is 5.69 Å². The van der Waals surface area contributed by atoms with Crippen LogP contribution in [-0.2, 0) is 16.1 Å². The second-order valence-electron chi connectivity index (χ2n) is 5.55. The Kier molecular flexibility index (Phi) is 3.83. The number of hydrogen-bond donors (Lipinski definition) is 1. The number of amides is 3. The number of carbonyl (C=O) groups excluding carboxylic acids is 2. The number of imide groups is 1. The lowest BCUT2D eigenvalue weighted by atomic mass is 10.0. The standard InChI is InChI=1S/C15H17N5O3/c1-15(10-23-2)13(21)19(14(22)17-15)9-11-8-16-20(18-11)12-6-4-3-5-7-12/h3-8H,9-10H2,1-2H3,(H,17,22). The van der Waals surface area contributed by atoms with Crippen molar-refractivity contribution in [3.63, 3.8) is 0 Å². The topological polar surface area (TPSA) is 89.3 Å². The number of hydrogen-bond acceptors (Lipinski definition) is 5. The highest BCUT2D eigenvalue weighted by molar-refractivity contribution is 6.06. The molecule has 0 radical (unpaired) electrons. The first-order chi connectivity index (χ1) is 11.0. The number of nitrogens with zero attached hydrogens (tertiary/aromatic N) is 4. The fourth-order valence-electron chi connectivity index (χ4n) is 2.49. The monoisotopic (exact) mass is 315 g/mol. The quantitative estimate of drug-likeness (QED) is 0.821. The number of para-hydroxylation sites is 1. The summed E-state index contributed by atoms with van der Waals surface area (Å²) in [6.45, 7) is 1.82. The maximum atomic E-state index is 12.4. The summed E-state index contributed by atoms with van der Waals surface area (Å²) >= 11 is 0. The molecule has 1 unspecified atom stereocenters. The highest BCUT2D eigenvalue weighted by Gasteiger charge is 2.48. The molecule has 0 saturated carbocycles. The molecule has 0 spiro atoms. The van der Waals surface area contributed by atoms with Crippen molar-refractivity contribution in [3.8, 4) is 5.69 Å². The number of benzene rings is 1. The first-order valence-electron chi connectivity index (χ1n) is 7.13. The van der Waals surface area contributed by atoms with Crippen molar-refractivity contribution in [1.29, 1.82) is 0 Å². The van der Waals surface area contributed by atoms with Crippen LogP contribution in [0.4, 0.5) is 4.79 Å². The largest absolute Gasteiger partial charge is 0.382 e. The lowest BCUT2D eigenvalue weighted by Gasteiger charge is -2.19. The molecular formula is C15H17N5O3. The molecule has 2 heterocycles. The first-order valence-corrected chi connectivity index (χ1v) is 7.13. The Morgan fingerprint density at radius 2 is 2.00 bits per heavy atom. The van der Waals surface area contributed by atoms with Gasteiger partial charge in [-0.05, 0) is 19.1 Å². The molecule has 1 aliphatic heterocycles. The van der Waals surface area contributed by atoms with Crippen molar-refractivity contribution in [2.75, 3.05) is 13.7 Å². The van der Waals surface area contributed by atoms with E-state index in [-0.39, 0.29) is 19.1 Å². The fraction of sp³-hybridized carbons (Fsp3) is 0.333. The van der Waals surface area contributed by atoms with E-state index in [0.717, 1.165) is 10.6 Å². The van der Waals surface area contributed by atoms with E-state index < -0.39 is 11.6 Å². The number of ether oxygens (including phenoxy) is 1. The zero-order valence-electron chi connectivity index (χ0n) is 12.9. The highest BCUT2D eigenvalue weighted by Crippen LogP contribution is 2.19. The third-order valence-electron chi connectivity index (χ3n) is 3.62. The molecule has 8 heteroatoms. The van der Waals surface area contributed by atoms with E-state index in [9.17, 15) is 9.59 Å². The summed E-state index contributed by atoms with van der Waals surface area (Å²) in [7, 11) is 1.48. The highest BCUT2D eigenvalue weighted by atomic mass is 16.5. The van der Waals surface area contributed by atoms with E-state index in [4.69, 9.17) is 4.74 Å². The molecule has 1 N–H and O–H groups in total. The van der Waals surface area contributed by atoms with Crippen LogP contribution >= 0.6 is 0 Å². The number of nitrogens with one attached hydrogen (secondary N) is 1. The number of rotatable bonds is 5. The molecule has 1 aliphatic rings. The van der Waals surface area contributed by atoms with Crippen molar-refractivity contribution < 1.29 is 14.3 Å². The molecule has 120 valence electrons. The molecule has 3 amide bonds. The van der Waals surface area contributed by atoms with Crippen molar-refractivity contribution in [3.05, 3.63) is 42.2 Å². The van der Waals surface area contributed by atoms with Crippen LogP contribution in [0.5, 0.6) is 0 Å². The molecule has 23 heavy (non-hydrogen) atoms. The summed E-state index contributed by atoms with van der Waals surface area (Å²) in [5.41, 5.74) is 0.292. The second-order valence-corrected chi connectivity index (χ2v) is 5.55. The number of urea groups is 1. The van der Waals surface area contributed by atoms with Crippen molar-refractivity contribution >= 4 is 11.9 Å². The van der Waals surface area contributed by atoms with Crippen LogP contribution < -0.4 is 5.32 Å². The summed E-state index contributed by atoms with van der Waals surface area (Å²) in [5, 5.41) is 11.1. The maximum Gasteiger partial charge on any atom is 0.325 e. The zero-order chi connectivity index (χ0) is 16.4. The van der Waals surface area contributed by atoms with Crippen LogP contribution in [0.2, 0.25) is 0 Å². The van der Waals surface area contributed by atoms with Crippen LogP contribution in [0.25, 0.3) is 5.69 Å². The Morgan fingerprint density at radius 3 is 2.70 bits per heavy atom. The van der Waals surface area contributed by atoms with Gasteiger partial charge >= 0.3 is 6.03 Å². The van der Waals surface area contributed by atoms with Crippen molar-refractivity contribution in [1.82, 2.24) is 25.2 Å². The van der Waals surface area contributed by atoms with Gasteiger partial charge in [0.25, 0.3) is 5.91 Å². The molecule has 0 aliphatic carbocycles. The third-order valence-corrected chi connectivity index (χ3v) is 3.62. The normalized spacial score (nSPS) is 20.9. The van der Waals surface area contributed by atoms with Crippen molar-refractivity contribution in [2.45, 2.75) is 19.0 Å². The fourth-order valence-corrected chi connectivity index (χ4v) is 2.49. The molecule has 3 rings (SSSR count). The summed E-state index contributed by atoms with van der Waals surface area (Å²) in [5.74, 6) is -0.335. The second kappa shape index (κ2) is 5.81. The zero-order valence-corrected chi connectivity index (χ0v) is 12.9. The van der Waals surface area contributed by atoms with E-state index >= 15 is 0 Å². The predicted molar refractivity (Wildman–Crippen MR) is 80.7 cm³/mol. The van der Waals surface area contributed by atoms with Gasteiger partial charge in [0.1, 0.15) is 11.2 Å². The minimum absolute atomic E-state index is 0.0663. The number of methoxy groups -OCH3 is 1. The minimum Gasteiger partial charge on any atom is -0.382 e. The van der Waals surface area contributed by atoms with Gasteiger partial charge in [-0.25, -0.2) is 4.79 Å². The van der Waals surface area contributed by atoms with E-state index in [2.05, 4.69) is 15.5 Å². The lowest BCUT2D eigenvalue weighted by molar-refractivity contribution is -0.132. The van der Waals surface area contributed by atoms with Crippen LogP contribution in [0.15, 0.2) is 36.5 Å². The molecule has 2 aromatic rings. The maximum absolute atomic E-state index is 12.4. The molecule has 1 fully saturated rings. The number of aromatic nitrogens is 3. The summed E-state index contributed by atoms with van der Waals surface area (Å²) in [4.78, 5) is 27.0. The molecule has 0 bridgehead atoms. The van der Waals surface area contributed by atoms with Gasteiger partial charge in [0, 0.05) is 7.11 Å². The molecule has 1 atom stereocenters. The Labute approximate surface area is 133 Å². The Bertz CT molecular complexity index is 730. The van der Waals surface area contributed by atoms with Gasteiger partial charge in [-0.2, -0.15) is 15.0 Å². The molecule has 1 saturated heterocycles. The SMILES string of the molecule is COCC1(C)NC(=O)N(Cc2cnn(-c3ccccc3)n2)C1=O. The van der Waals surface area contributed by atoms with Gasteiger partial charge in [-0.3, -0.25) is 9.69 Å². The van der Waals surface area contributed by atoms with E-state index in [1.165, 1.54) is 11.9 Å². The van der Waals surface area contributed by atoms with Gasteiger partial charge < -0.3 is 10.1 Å². The van der Waals surface area contributed by atoms with Gasteiger partial charge in [0.2, 0.25) is 0 Å². The van der Waals surface area contributed by atoms with Crippen LogP contribution in [0.1, 0.15) is 12.6 Å². The van der Waals surface area contributed by atoms with Gasteiger partial charge in [0.05, 0.1) is 25.0 Å². The smallest absolute Gasteiger partial charge is 0.325 e. The lowest BCUT2D eigenvalue weighted by Crippen LogP contribution is -2.47. The average Bonchev–Trinajstić information content (AvgIpc) is 3.08. The molecule has 1 aromatic carbocycles. The Morgan fingerprint density at radius 1 is 1.26 bits per heavy atom. The van der Waals surface area contributed by atoms with Gasteiger partial charge in [-0.15, -0.1) is 0 Å². The number of carbonyl (C=O) groups is 2. The van der Waals surface area contributed by atoms with E-state index in [1.807, 2.05) is 30.3 Å². The van der Waals surface area contributed by atoms with Gasteiger partial charge in [0.15, 0.2) is 0 Å². The molecular weight excluding hydrogens is 298 g/mol. The summed E-state index contributed by atoms with van der Waals surface area (Å²) in [6.07, 6.45) is 1.54. The molecule has 8 nitrogen and oxygen atoms in total. The average molecular weight is 315 g/mol. The minimum atomic E-state index is -1.04. The third kappa shape index (κ3) is 2.80. The summed E-state index contributed by atoms with van der Waals surface area (Å²) < 4.78 is 5.01.